The van der Waals surface area contributed by atoms with Gasteiger partial charge in [0.1, 0.15) is 11.5 Å². The molecule has 2 atom stereocenters. The molecule has 0 radical (unpaired) electrons. The van der Waals surface area contributed by atoms with Crippen LogP contribution in [0.1, 0.15) is 38.8 Å². The average Bonchev–Trinajstić information content (AvgIpc) is 2.80. The highest BCUT2D eigenvalue weighted by atomic mass is 31.2. The molecule has 0 aromatic heterocycles. The van der Waals surface area contributed by atoms with Crippen molar-refractivity contribution in [2.24, 2.45) is 0 Å². The summed E-state index contributed by atoms with van der Waals surface area (Å²) in [6.07, 6.45) is 0. The van der Waals surface area contributed by atoms with E-state index in [0.29, 0.717) is 13.2 Å². The molecule has 0 N–H and O–H groups in total. The van der Waals surface area contributed by atoms with Gasteiger partial charge in [-0.3, -0.25) is 0 Å². The maximum atomic E-state index is 6.45. The second kappa shape index (κ2) is 9.91. The number of hydrogen-bond acceptors (Lipinski definition) is 6. The molecule has 2 aliphatic heterocycles. The number of para-hydroxylation sites is 2. The Morgan fingerprint density at radius 2 is 1.07 bits per heavy atom. The molecule has 162 valence electrons. The first-order valence-corrected chi connectivity index (χ1v) is 12.9. The van der Waals surface area contributed by atoms with Crippen molar-refractivity contribution in [3.05, 3.63) is 47.5 Å². The Bertz CT molecular complexity index is 803. The van der Waals surface area contributed by atoms with Crippen molar-refractivity contribution < 1.29 is 18.1 Å². The summed E-state index contributed by atoms with van der Waals surface area (Å²) in [6.45, 7) is 13.3. The van der Waals surface area contributed by atoms with Gasteiger partial charge in [-0.15, -0.1) is 0 Å². The zero-order valence-corrected chi connectivity index (χ0v) is 19.9. The number of hydrogen-bond donors (Lipinski definition) is 0. The molecule has 6 nitrogen and oxygen atoms in total. The van der Waals surface area contributed by atoms with E-state index in [-0.39, 0.29) is 0 Å². The quantitative estimate of drug-likeness (QED) is 0.463. The van der Waals surface area contributed by atoms with Crippen molar-refractivity contribution in [2.45, 2.75) is 40.9 Å². The summed E-state index contributed by atoms with van der Waals surface area (Å²) >= 11 is 0. The molecule has 2 heterocycles. The predicted octanol–water partition coefficient (Wildman–Crippen LogP) is 6.31. The van der Waals surface area contributed by atoms with Gasteiger partial charge in [0.05, 0.1) is 13.2 Å². The van der Waals surface area contributed by atoms with Gasteiger partial charge >= 0.3 is 17.1 Å². The Morgan fingerprint density at radius 3 is 1.43 bits per heavy atom. The van der Waals surface area contributed by atoms with E-state index in [1.54, 1.807) is 0 Å². The van der Waals surface area contributed by atoms with Gasteiger partial charge in [0.2, 0.25) is 0 Å². The second-order valence-electron chi connectivity index (χ2n) is 7.07. The lowest BCUT2D eigenvalue weighted by atomic mass is 9.98. The van der Waals surface area contributed by atoms with Crippen molar-refractivity contribution in [3.63, 3.8) is 0 Å². The summed E-state index contributed by atoms with van der Waals surface area (Å²) in [5, 5.41) is 0. The van der Waals surface area contributed by atoms with Crippen LogP contribution >= 0.6 is 17.1 Å². The maximum absolute atomic E-state index is 6.45. The smallest absolute Gasteiger partial charge is 0.321 e. The van der Waals surface area contributed by atoms with E-state index in [1.165, 1.54) is 0 Å². The van der Waals surface area contributed by atoms with Gasteiger partial charge in [0.25, 0.3) is 0 Å². The third-order valence-corrected chi connectivity index (χ3v) is 8.84. The molecular formula is C22H30N2O4P2. The molecule has 4 rings (SSSR count). The van der Waals surface area contributed by atoms with Gasteiger partial charge in [-0.2, -0.15) is 0 Å². The summed E-state index contributed by atoms with van der Waals surface area (Å²) in [7, 11) is -2.20. The normalized spacial score (nSPS) is 20.5. The SMILES string of the molecule is CCN(CC)P1OCc2cccc(-c3cccc4c3OP(N(CC)CC)OC4)c2O1. The minimum Gasteiger partial charge on any atom is -0.435 e. The van der Waals surface area contributed by atoms with Crippen molar-refractivity contribution in [2.75, 3.05) is 26.2 Å². The zero-order chi connectivity index (χ0) is 21.1. The summed E-state index contributed by atoms with van der Waals surface area (Å²) in [6, 6.07) is 12.5. The van der Waals surface area contributed by atoms with Gasteiger partial charge in [0, 0.05) is 48.4 Å². The van der Waals surface area contributed by atoms with Gasteiger partial charge in [-0.05, 0) is 0 Å². The van der Waals surface area contributed by atoms with Crippen LogP contribution in [0.2, 0.25) is 0 Å². The standard InChI is InChI=1S/C22H30N2O4P2/c1-5-23(6-2)29-25-15-17-11-9-13-19(21(17)27-29)20-14-10-12-18-16-26-30(28-22(18)20)24(7-3)8-4/h9-14H,5-8,15-16H2,1-4H3. The largest absolute Gasteiger partial charge is 0.435 e. The summed E-state index contributed by atoms with van der Waals surface area (Å²) in [4.78, 5) is 0. The monoisotopic (exact) mass is 448 g/mol. The Kier molecular flexibility index (Phi) is 7.25. The molecule has 2 aromatic carbocycles. The van der Waals surface area contributed by atoms with Crippen LogP contribution in [-0.2, 0) is 22.3 Å². The molecule has 8 heteroatoms. The van der Waals surface area contributed by atoms with Gasteiger partial charge in [-0.25, -0.2) is 9.34 Å². The number of fused-ring (bicyclic) bond motifs is 2. The van der Waals surface area contributed by atoms with E-state index in [4.69, 9.17) is 18.1 Å². The summed E-state index contributed by atoms with van der Waals surface area (Å²) < 4.78 is 29.4. The molecule has 2 unspecified atom stereocenters. The van der Waals surface area contributed by atoms with Crippen LogP contribution in [0.5, 0.6) is 11.5 Å². The zero-order valence-electron chi connectivity index (χ0n) is 18.1. The molecule has 0 fully saturated rings. The average molecular weight is 448 g/mol. The Morgan fingerprint density at radius 1 is 0.667 bits per heavy atom. The fourth-order valence-electron chi connectivity index (χ4n) is 3.68. The van der Waals surface area contributed by atoms with Gasteiger partial charge in [-0.1, -0.05) is 64.1 Å². The van der Waals surface area contributed by atoms with Crippen molar-refractivity contribution in [1.29, 1.82) is 0 Å². The maximum Gasteiger partial charge on any atom is 0.321 e. The minimum absolute atomic E-state index is 0.566. The van der Waals surface area contributed by atoms with Crippen LogP contribution in [0.25, 0.3) is 11.1 Å². The van der Waals surface area contributed by atoms with E-state index in [0.717, 1.165) is 59.9 Å². The number of rotatable bonds is 7. The van der Waals surface area contributed by atoms with E-state index in [1.807, 2.05) is 0 Å². The highest BCUT2D eigenvalue weighted by molar-refractivity contribution is 7.45. The molecule has 30 heavy (non-hydrogen) atoms. The van der Waals surface area contributed by atoms with Crippen LogP contribution in [0.4, 0.5) is 0 Å². The lowest BCUT2D eigenvalue weighted by Gasteiger charge is -2.34. The number of nitrogens with zero attached hydrogens (tertiary/aromatic N) is 2. The molecule has 0 spiro atoms. The second-order valence-corrected chi connectivity index (χ2v) is 10.0. The van der Waals surface area contributed by atoms with Crippen molar-refractivity contribution >= 4 is 17.1 Å². The van der Waals surface area contributed by atoms with E-state index < -0.39 is 17.1 Å². The summed E-state index contributed by atoms with van der Waals surface area (Å²) in [5.74, 6) is 1.83. The predicted molar refractivity (Wildman–Crippen MR) is 122 cm³/mol. The molecule has 0 bridgehead atoms. The Hall–Kier alpha value is -1.26. The van der Waals surface area contributed by atoms with Gasteiger partial charge in [0.15, 0.2) is 0 Å². The van der Waals surface area contributed by atoms with Crippen molar-refractivity contribution in [3.8, 4) is 22.6 Å². The first kappa shape index (κ1) is 22.0. The minimum atomic E-state index is -1.10. The number of benzene rings is 2. The lowest BCUT2D eigenvalue weighted by Crippen LogP contribution is -2.23. The highest BCUT2D eigenvalue weighted by Crippen LogP contribution is 2.56. The molecule has 2 aliphatic rings. The highest BCUT2D eigenvalue weighted by Gasteiger charge is 2.32. The molecular weight excluding hydrogens is 418 g/mol. The first-order chi connectivity index (χ1) is 14.7. The fraction of sp³-hybridized carbons (Fsp3) is 0.455. The van der Waals surface area contributed by atoms with E-state index in [2.05, 4.69) is 73.4 Å². The first-order valence-electron chi connectivity index (χ1n) is 10.7. The van der Waals surface area contributed by atoms with Crippen LogP contribution < -0.4 is 9.05 Å². The molecule has 2 aromatic rings. The van der Waals surface area contributed by atoms with E-state index >= 15 is 0 Å². The molecule has 0 aliphatic carbocycles. The molecule has 0 saturated heterocycles. The van der Waals surface area contributed by atoms with Crippen LogP contribution in [-0.4, -0.2) is 35.5 Å². The lowest BCUT2D eigenvalue weighted by molar-refractivity contribution is 0.233. The van der Waals surface area contributed by atoms with Crippen molar-refractivity contribution in [1.82, 2.24) is 9.34 Å². The van der Waals surface area contributed by atoms with Crippen LogP contribution in [0.3, 0.4) is 0 Å². The third kappa shape index (κ3) is 4.23. The molecule has 0 saturated carbocycles. The van der Waals surface area contributed by atoms with Gasteiger partial charge < -0.3 is 18.1 Å². The van der Waals surface area contributed by atoms with Crippen LogP contribution in [0.15, 0.2) is 36.4 Å². The van der Waals surface area contributed by atoms with E-state index in [9.17, 15) is 0 Å². The molecule has 0 amide bonds. The summed E-state index contributed by atoms with van der Waals surface area (Å²) in [5.41, 5.74) is 4.27. The topological polar surface area (TPSA) is 43.4 Å². The Balaban J connectivity index is 1.72. The fourth-order valence-corrected chi connectivity index (χ4v) is 6.51. The van der Waals surface area contributed by atoms with Crippen LogP contribution in [0, 0.1) is 0 Å². The Labute approximate surface area is 182 Å². The third-order valence-electron chi connectivity index (χ3n) is 5.41.